The lowest BCUT2D eigenvalue weighted by atomic mass is 9.95. The number of amides is 1. The number of carbonyl (C=O) groups is 2. The van der Waals surface area contributed by atoms with E-state index in [0.29, 0.717) is 22.6 Å². The molecule has 3 aromatic rings. The van der Waals surface area contributed by atoms with Crippen molar-refractivity contribution in [1.29, 1.82) is 0 Å². The minimum atomic E-state index is -0.889. The average Bonchev–Trinajstić information content (AvgIpc) is 3.05. The third kappa shape index (κ3) is 3.84. The molecule has 0 aliphatic carbocycles. The second kappa shape index (κ2) is 8.35. The molecule has 31 heavy (non-hydrogen) atoms. The summed E-state index contributed by atoms with van der Waals surface area (Å²) < 4.78 is 19.5. The molecule has 1 aliphatic rings. The van der Waals surface area contributed by atoms with Gasteiger partial charge in [-0.2, -0.15) is 0 Å². The third-order valence-corrected chi connectivity index (χ3v) is 5.63. The Morgan fingerprint density at radius 1 is 0.968 bits per heavy atom. The number of Topliss-reactive ketones (excluding diaryl/α,β-unsaturated/α-hetero) is 1. The first kappa shape index (κ1) is 20.8. The normalized spacial score (nSPS) is 17.8. The van der Waals surface area contributed by atoms with E-state index in [0.717, 1.165) is 4.47 Å². The van der Waals surface area contributed by atoms with Crippen molar-refractivity contribution in [3.05, 3.63) is 99.8 Å². The summed E-state index contributed by atoms with van der Waals surface area (Å²) in [7, 11) is 1.53. The molecule has 1 N–H and O–H groups in total. The van der Waals surface area contributed by atoms with E-state index in [-0.39, 0.29) is 11.3 Å². The van der Waals surface area contributed by atoms with Crippen molar-refractivity contribution in [2.24, 2.45) is 0 Å². The van der Waals surface area contributed by atoms with Crippen LogP contribution in [0.2, 0.25) is 0 Å². The predicted molar refractivity (Wildman–Crippen MR) is 118 cm³/mol. The maximum absolute atomic E-state index is 13.5. The van der Waals surface area contributed by atoms with E-state index >= 15 is 0 Å². The van der Waals surface area contributed by atoms with Gasteiger partial charge in [0.25, 0.3) is 11.7 Å². The zero-order valence-electron chi connectivity index (χ0n) is 16.4. The van der Waals surface area contributed by atoms with Crippen LogP contribution in [0.15, 0.2) is 82.8 Å². The van der Waals surface area contributed by atoms with E-state index in [4.69, 9.17) is 4.74 Å². The Bertz CT molecular complexity index is 1170. The summed E-state index contributed by atoms with van der Waals surface area (Å²) in [5.74, 6) is -1.75. The lowest BCUT2D eigenvalue weighted by molar-refractivity contribution is -0.132. The summed E-state index contributed by atoms with van der Waals surface area (Å²) in [4.78, 5) is 27.3. The fourth-order valence-corrected chi connectivity index (χ4v) is 3.83. The van der Waals surface area contributed by atoms with Crippen molar-refractivity contribution >= 4 is 39.1 Å². The number of anilines is 1. The van der Waals surface area contributed by atoms with E-state index in [1.165, 1.54) is 36.3 Å². The third-order valence-electron chi connectivity index (χ3n) is 5.10. The summed E-state index contributed by atoms with van der Waals surface area (Å²) in [6.45, 7) is 0. The van der Waals surface area contributed by atoms with Crippen LogP contribution < -0.4 is 9.64 Å². The molecule has 1 heterocycles. The molecule has 0 aromatic heterocycles. The average molecular weight is 482 g/mol. The standard InChI is InChI=1S/C24H17BrFNO4/c1-31-19-12-4-14(5-13-19)21-20(22(28)15-2-6-16(25)7-3-15)23(29)24(30)27(21)18-10-8-17(26)9-11-18/h2-13,21,28H,1H3/b22-20+. The molecule has 1 amide bonds. The maximum atomic E-state index is 13.5. The monoisotopic (exact) mass is 481 g/mol. The number of halogens is 2. The van der Waals surface area contributed by atoms with Crippen LogP contribution in [0.1, 0.15) is 17.2 Å². The van der Waals surface area contributed by atoms with Crippen LogP contribution in [-0.2, 0) is 9.59 Å². The second-order valence-electron chi connectivity index (χ2n) is 6.93. The highest BCUT2D eigenvalue weighted by Gasteiger charge is 2.46. The van der Waals surface area contributed by atoms with Crippen molar-refractivity contribution in [3.8, 4) is 5.75 Å². The number of carbonyl (C=O) groups excluding carboxylic acids is 2. The summed E-state index contributed by atoms with van der Waals surface area (Å²) in [6.07, 6.45) is 0. The van der Waals surface area contributed by atoms with Gasteiger partial charge in [0.05, 0.1) is 18.7 Å². The molecule has 1 fully saturated rings. The van der Waals surface area contributed by atoms with Crippen LogP contribution in [-0.4, -0.2) is 23.9 Å². The molecule has 5 nitrogen and oxygen atoms in total. The van der Waals surface area contributed by atoms with Gasteiger partial charge in [0.1, 0.15) is 17.3 Å². The number of aliphatic hydroxyl groups excluding tert-OH is 1. The Hall–Kier alpha value is -3.45. The van der Waals surface area contributed by atoms with Crippen LogP contribution in [0.5, 0.6) is 5.75 Å². The number of hydrogen-bond acceptors (Lipinski definition) is 4. The fraction of sp³-hybridized carbons (Fsp3) is 0.0833. The molecule has 1 unspecified atom stereocenters. The zero-order chi connectivity index (χ0) is 22.1. The van der Waals surface area contributed by atoms with Crippen molar-refractivity contribution < 1.29 is 23.8 Å². The van der Waals surface area contributed by atoms with Gasteiger partial charge in [0.2, 0.25) is 0 Å². The van der Waals surface area contributed by atoms with Crippen molar-refractivity contribution in [2.75, 3.05) is 12.0 Å². The number of ether oxygens (including phenoxy) is 1. The number of ketones is 1. The van der Waals surface area contributed by atoms with Gasteiger partial charge in [0, 0.05) is 15.7 Å². The highest BCUT2D eigenvalue weighted by atomic mass is 79.9. The van der Waals surface area contributed by atoms with Crippen LogP contribution >= 0.6 is 15.9 Å². The number of benzene rings is 3. The molecular weight excluding hydrogens is 465 g/mol. The summed E-state index contributed by atoms with van der Waals surface area (Å²) >= 11 is 3.34. The van der Waals surface area contributed by atoms with Crippen molar-refractivity contribution in [3.63, 3.8) is 0 Å². The van der Waals surface area contributed by atoms with Crippen molar-refractivity contribution in [2.45, 2.75) is 6.04 Å². The molecule has 0 spiro atoms. The number of hydrogen-bond donors (Lipinski definition) is 1. The predicted octanol–water partition coefficient (Wildman–Crippen LogP) is 5.22. The van der Waals surface area contributed by atoms with E-state index in [9.17, 15) is 19.1 Å². The van der Waals surface area contributed by atoms with Gasteiger partial charge >= 0.3 is 0 Å². The summed E-state index contributed by atoms with van der Waals surface area (Å²) in [5.41, 5.74) is 1.31. The van der Waals surface area contributed by atoms with E-state index in [1.54, 1.807) is 48.5 Å². The van der Waals surface area contributed by atoms with Crippen LogP contribution in [0.4, 0.5) is 10.1 Å². The Kier molecular flexibility index (Phi) is 5.61. The smallest absolute Gasteiger partial charge is 0.300 e. The first-order valence-corrected chi connectivity index (χ1v) is 10.2. The number of methoxy groups -OCH3 is 1. The van der Waals surface area contributed by atoms with Gasteiger partial charge in [-0.05, 0) is 54.1 Å². The largest absolute Gasteiger partial charge is 0.507 e. The molecule has 3 aromatic carbocycles. The highest BCUT2D eigenvalue weighted by molar-refractivity contribution is 9.10. The molecule has 0 bridgehead atoms. The Morgan fingerprint density at radius 2 is 1.58 bits per heavy atom. The molecule has 1 atom stereocenters. The van der Waals surface area contributed by atoms with E-state index in [1.807, 2.05) is 0 Å². The molecule has 1 aliphatic heterocycles. The van der Waals surface area contributed by atoms with Gasteiger partial charge in [-0.3, -0.25) is 14.5 Å². The summed E-state index contributed by atoms with van der Waals surface area (Å²) in [6, 6.07) is 18.0. The lowest BCUT2D eigenvalue weighted by Gasteiger charge is -2.25. The molecule has 0 saturated carbocycles. The molecule has 7 heteroatoms. The lowest BCUT2D eigenvalue weighted by Crippen LogP contribution is -2.29. The minimum Gasteiger partial charge on any atom is -0.507 e. The summed E-state index contributed by atoms with van der Waals surface area (Å²) in [5, 5.41) is 11.0. The van der Waals surface area contributed by atoms with Gasteiger partial charge < -0.3 is 9.84 Å². The minimum absolute atomic E-state index is 0.0400. The Morgan fingerprint density at radius 3 is 2.16 bits per heavy atom. The molecule has 0 radical (unpaired) electrons. The quantitative estimate of drug-likeness (QED) is 0.315. The van der Waals surface area contributed by atoms with Crippen LogP contribution in [0.3, 0.4) is 0 Å². The zero-order valence-corrected chi connectivity index (χ0v) is 18.0. The Labute approximate surface area is 186 Å². The first-order valence-electron chi connectivity index (χ1n) is 9.37. The van der Waals surface area contributed by atoms with E-state index in [2.05, 4.69) is 15.9 Å². The molecule has 1 saturated heterocycles. The van der Waals surface area contributed by atoms with Crippen LogP contribution in [0, 0.1) is 5.82 Å². The number of aliphatic hydroxyl groups is 1. The van der Waals surface area contributed by atoms with E-state index < -0.39 is 23.5 Å². The van der Waals surface area contributed by atoms with Gasteiger partial charge in [-0.15, -0.1) is 0 Å². The fourth-order valence-electron chi connectivity index (χ4n) is 3.57. The first-order chi connectivity index (χ1) is 14.9. The Balaban J connectivity index is 1.92. The molecular formula is C24H17BrFNO4. The van der Waals surface area contributed by atoms with Gasteiger partial charge in [0.15, 0.2) is 0 Å². The van der Waals surface area contributed by atoms with Crippen LogP contribution in [0.25, 0.3) is 5.76 Å². The molecule has 4 rings (SSSR count). The number of rotatable bonds is 4. The number of nitrogens with zero attached hydrogens (tertiary/aromatic N) is 1. The second-order valence-corrected chi connectivity index (χ2v) is 7.84. The molecule has 156 valence electrons. The topological polar surface area (TPSA) is 66.8 Å². The van der Waals surface area contributed by atoms with Gasteiger partial charge in [-0.1, -0.05) is 40.2 Å². The SMILES string of the molecule is COc1ccc(C2/C(=C(\O)c3ccc(Br)cc3)C(=O)C(=O)N2c2ccc(F)cc2)cc1. The van der Waals surface area contributed by atoms with Gasteiger partial charge in [-0.25, -0.2) is 4.39 Å². The maximum Gasteiger partial charge on any atom is 0.300 e. The highest BCUT2D eigenvalue weighted by Crippen LogP contribution is 2.42. The van der Waals surface area contributed by atoms with Crippen molar-refractivity contribution in [1.82, 2.24) is 0 Å².